The molecule has 0 bridgehead atoms. The van der Waals surface area contributed by atoms with Gasteiger partial charge in [-0.05, 0) is 31.0 Å². The van der Waals surface area contributed by atoms with E-state index in [1.807, 2.05) is 60.7 Å². The molecule has 6 nitrogen and oxygen atoms in total. The van der Waals surface area contributed by atoms with E-state index < -0.39 is 15.6 Å². The first-order valence-electron chi connectivity index (χ1n) is 8.93. The molecule has 0 saturated heterocycles. The molecule has 0 amide bonds. The summed E-state index contributed by atoms with van der Waals surface area (Å²) in [6.45, 7) is 3.80. The molecule has 28 heavy (non-hydrogen) atoms. The number of aldehydes is 1. The summed E-state index contributed by atoms with van der Waals surface area (Å²) in [5, 5.41) is 4.11. The van der Waals surface area contributed by atoms with Gasteiger partial charge in [0.2, 0.25) is 0 Å². The number of carbonyl (C=O) groups excluding carboxylic acids is 1. The van der Waals surface area contributed by atoms with Crippen LogP contribution in [-0.4, -0.2) is 28.8 Å². The molecule has 3 aromatic rings. The van der Waals surface area contributed by atoms with Crippen molar-refractivity contribution < 1.29 is 13.2 Å². The van der Waals surface area contributed by atoms with E-state index in [1.54, 1.807) is 13.8 Å². The maximum absolute atomic E-state index is 13.3. The molecule has 0 fully saturated rings. The molecule has 7 heteroatoms. The molecule has 0 radical (unpaired) electrons. The van der Waals surface area contributed by atoms with Gasteiger partial charge in [0.05, 0.1) is 0 Å². The van der Waals surface area contributed by atoms with Crippen LogP contribution < -0.4 is 0 Å². The molecule has 0 unspecified atom stereocenters. The molecule has 0 aliphatic carbocycles. The van der Waals surface area contributed by atoms with Crippen molar-refractivity contribution in [3.63, 3.8) is 0 Å². The fraction of sp³-hybridized carbons (Fsp3) is 0.238. The highest BCUT2D eigenvalue weighted by molar-refractivity contribution is 7.89. The highest BCUT2D eigenvalue weighted by Crippen LogP contribution is 2.21. The number of sulfonamides is 1. The number of rotatable bonds is 8. The lowest BCUT2D eigenvalue weighted by molar-refractivity contribution is -0.114. The van der Waals surface area contributed by atoms with Crippen molar-refractivity contribution in [3.05, 3.63) is 84.1 Å². The topological polar surface area (TPSA) is 72.3 Å². The van der Waals surface area contributed by atoms with Crippen molar-refractivity contribution in [3.8, 4) is 0 Å². The maximum atomic E-state index is 13.3. The van der Waals surface area contributed by atoms with Gasteiger partial charge in [-0.25, -0.2) is 8.42 Å². The monoisotopic (exact) mass is 397 g/mol. The van der Waals surface area contributed by atoms with Crippen LogP contribution in [0.15, 0.2) is 78.0 Å². The smallest absolute Gasteiger partial charge is 0.262 e. The van der Waals surface area contributed by atoms with Gasteiger partial charge in [0.15, 0.2) is 5.03 Å². The second-order valence-electron chi connectivity index (χ2n) is 7.11. The lowest BCUT2D eigenvalue weighted by Crippen LogP contribution is -2.32. The zero-order valence-electron chi connectivity index (χ0n) is 15.9. The Morgan fingerprint density at radius 1 is 0.929 bits per heavy atom. The molecule has 146 valence electrons. The first-order chi connectivity index (χ1) is 13.3. The van der Waals surface area contributed by atoms with Crippen LogP contribution in [0, 0.1) is 0 Å². The number of nitrogens with zero attached hydrogens (tertiary/aromatic N) is 3. The van der Waals surface area contributed by atoms with Crippen molar-refractivity contribution in [2.75, 3.05) is 0 Å². The molecule has 1 aromatic heterocycles. The van der Waals surface area contributed by atoms with Crippen LogP contribution in [0.5, 0.6) is 0 Å². The third-order valence-corrected chi connectivity index (χ3v) is 6.14. The lowest BCUT2D eigenvalue weighted by atomic mass is 10.1. The molecule has 2 aromatic carbocycles. The number of carbonyl (C=O) groups is 1. The van der Waals surface area contributed by atoms with Crippen LogP contribution in [0.2, 0.25) is 0 Å². The van der Waals surface area contributed by atoms with Gasteiger partial charge in [-0.15, -0.1) is 0 Å². The van der Waals surface area contributed by atoms with Crippen LogP contribution >= 0.6 is 0 Å². The number of hydrogen-bond donors (Lipinski definition) is 0. The summed E-state index contributed by atoms with van der Waals surface area (Å²) in [5.41, 5.74) is 0.849. The van der Waals surface area contributed by atoms with Gasteiger partial charge in [0.1, 0.15) is 11.8 Å². The summed E-state index contributed by atoms with van der Waals surface area (Å²) in [6.07, 6.45) is 2.26. The second kappa shape index (κ2) is 8.08. The lowest BCUT2D eigenvalue weighted by Gasteiger charge is -2.22. The summed E-state index contributed by atoms with van der Waals surface area (Å²) in [4.78, 5) is 11.3. The van der Waals surface area contributed by atoms with Crippen molar-refractivity contribution in [2.45, 2.75) is 37.5 Å². The normalized spacial score (nSPS) is 12.2. The quantitative estimate of drug-likeness (QED) is 0.547. The standard InChI is InChI=1S/C21H23N3O3S/c1-21(2,17-25)24-14-13-20(22-24)28(26,27)23(15-18-9-5-3-6-10-18)16-19-11-7-4-8-12-19/h3-14,17H,15-16H2,1-2H3. The van der Waals surface area contributed by atoms with Crippen LogP contribution in [0.25, 0.3) is 0 Å². The van der Waals surface area contributed by atoms with E-state index in [2.05, 4.69) is 5.10 Å². The predicted octanol–water partition coefficient (Wildman–Crippen LogP) is 3.21. The van der Waals surface area contributed by atoms with Crippen LogP contribution in [0.1, 0.15) is 25.0 Å². The minimum absolute atomic E-state index is 0.0747. The molecule has 0 aliphatic rings. The van der Waals surface area contributed by atoms with Gasteiger partial charge in [-0.3, -0.25) is 4.68 Å². The Bertz CT molecular complexity index is 988. The molecule has 3 rings (SSSR count). The molecular formula is C21H23N3O3S. The predicted molar refractivity (Wildman–Crippen MR) is 107 cm³/mol. The second-order valence-corrected chi connectivity index (χ2v) is 9.00. The van der Waals surface area contributed by atoms with Gasteiger partial charge in [-0.1, -0.05) is 60.7 Å². The Morgan fingerprint density at radius 3 is 1.89 bits per heavy atom. The van der Waals surface area contributed by atoms with E-state index in [9.17, 15) is 13.2 Å². The van der Waals surface area contributed by atoms with Gasteiger partial charge >= 0.3 is 0 Å². The van der Waals surface area contributed by atoms with Crippen molar-refractivity contribution >= 4 is 16.3 Å². The van der Waals surface area contributed by atoms with Gasteiger partial charge in [0, 0.05) is 19.3 Å². The van der Waals surface area contributed by atoms with Crippen LogP contribution in [-0.2, 0) is 33.4 Å². The van der Waals surface area contributed by atoms with E-state index in [4.69, 9.17) is 0 Å². The van der Waals surface area contributed by atoms with Gasteiger partial charge in [0.25, 0.3) is 10.0 Å². The average Bonchev–Trinajstić information content (AvgIpc) is 3.21. The van der Waals surface area contributed by atoms with Crippen molar-refractivity contribution in [1.82, 2.24) is 14.1 Å². The Hall–Kier alpha value is -2.77. The Kier molecular flexibility index (Phi) is 5.76. The van der Waals surface area contributed by atoms with Crippen molar-refractivity contribution in [1.29, 1.82) is 0 Å². The zero-order valence-corrected chi connectivity index (χ0v) is 16.7. The first-order valence-corrected chi connectivity index (χ1v) is 10.4. The third-order valence-electron chi connectivity index (χ3n) is 4.45. The van der Waals surface area contributed by atoms with Crippen LogP contribution in [0.4, 0.5) is 0 Å². The molecule has 1 heterocycles. The molecule has 0 N–H and O–H groups in total. The number of hydrogen-bond acceptors (Lipinski definition) is 4. The first kappa shape index (κ1) is 20.0. The zero-order chi connectivity index (χ0) is 20.2. The van der Waals surface area contributed by atoms with E-state index in [0.29, 0.717) is 0 Å². The SMILES string of the molecule is CC(C)(C=O)n1ccc(S(=O)(=O)N(Cc2ccccc2)Cc2ccccc2)n1. The average molecular weight is 398 g/mol. The maximum Gasteiger partial charge on any atom is 0.262 e. The Balaban J connectivity index is 1.97. The van der Waals surface area contributed by atoms with E-state index in [1.165, 1.54) is 21.3 Å². The van der Waals surface area contributed by atoms with Gasteiger partial charge in [-0.2, -0.15) is 9.40 Å². The highest BCUT2D eigenvalue weighted by Gasteiger charge is 2.29. The van der Waals surface area contributed by atoms with E-state index >= 15 is 0 Å². The molecular weight excluding hydrogens is 374 g/mol. The largest absolute Gasteiger partial charge is 0.301 e. The Morgan fingerprint density at radius 2 is 1.43 bits per heavy atom. The number of benzene rings is 2. The molecule has 0 spiro atoms. The summed E-state index contributed by atoms with van der Waals surface area (Å²) >= 11 is 0. The highest BCUT2D eigenvalue weighted by atomic mass is 32.2. The summed E-state index contributed by atoms with van der Waals surface area (Å²) in [5.74, 6) is 0. The molecule has 0 aliphatic heterocycles. The van der Waals surface area contributed by atoms with Crippen molar-refractivity contribution in [2.24, 2.45) is 0 Å². The minimum Gasteiger partial charge on any atom is -0.301 e. The van der Waals surface area contributed by atoms with Gasteiger partial charge < -0.3 is 4.79 Å². The minimum atomic E-state index is -3.86. The Labute approximate surface area is 165 Å². The molecule has 0 atom stereocenters. The summed E-state index contributed by atoms with van der Waals surface area (Å²) in [6, 6.07) is 20.3. The van der Waals surface area contributed by atoms with Crippen LogP contribution in [0.3, 0.4) is 0 Å². The fourth-order valence-electron chi connectivity index (χ4n) is 2.75. The van der Waals surface area contributed by atoms with E-state index in [-0.39, 0.29) is 18.1 Å². The molecule has 0 saturated carbocycles. The summed E-state index contributed by atoms with van der Waals surface area (Å²) < 4.78 is 29.4. The third kappa shape index (κ3) is 4.37. The number of aromatic nitrogens is 2. The summed E-state index contributed by atoms with van der Waals surface area (Å²) in [7, 11) is -3.86. The fourth-order valence-corrected chi connectivity index (χ4v) is 4.08. The van der Waals surface area contributed by atoms with E-state index in [0.717, 1.165) is 17.4 Å².